The summed E-state index contributed by atoms with van der Waals surface area (Å²) < 4.78 is 7.31. The molecule has 4 aromatic rings. The molecular weight excluding hydrogens is 452 g/mol. The van der Waals surface area contributed by atoms with Gasteiger partial charge in [0, 0.05) is 31.2 Å². The molecule has 0 aliphatic carbocycles. The van der Waals surface area contributed by atoms with Crippen molar-refractivity contribution >= 4 is 34.4 Å². The van der Waals surface area contributed by atoms with Gasteiger partial charge in [0.15, 0.2) is 11.5 Å². The predicted octanol–water partition coefficient (Wildman–Crippen LogP) is 5.33. The van der Waals surface area contributed by atoms with E-state index in [2.05, 4.69) is 51.3 Å². The first-order chi connectivity index (χ1) is 17.3. The first kappa shape index (κ1) is 23.8. The largest absolute Gasteiger partial charge is 0.444 e. The number of hydrogen-bond acceptors (Lipinski definition) is 6. The van der Waals surface area contributed by atoms with Gasteiger partial charge in [0.05, 0.1) is 11.2 Å². The third kappa shape index (κ3) is 5.03. The number of alkyl carbamates (subject to hydrolysis) is 1. The van der Waals surface area contributed by atoms with E-state index in [0.29, 0.717) is 18.3 Å². The van der Waals surface area contributed by atoms with E-state index in [-0.39, 0.29) is 6.09 Å². The minimum Gasteiger partial charge on any atom is -0.444 e. The molecule has 0 spiro atoms. The lowest BCUT2D eigenvalue weighted by Crippen LogP contribution is -2.40. The maximum absolute atomic E-state index is 12.0. The van der Waals surface area contributed by atoms with Gasteiger partial charge in [-0.1, -0.05) is 30.9 Å². The van der Waals surface area contributed by atoms with E-state index >= 15 is 0 Å². The van der Waals surface area contributed by atoms with Gasteiger partial charge in [-0.25, -0.2) is 9.78 Å². The van der Waals surface area contributed by atoms with Gasteiger partial charge in [-0.15, -0.1) is 10.2 Å². The average Bonchev–Trinajstić information content (AvgIpc) is 3.29. The Labute approximate surface area is 211 Å². The van der Waals surface area contributed by atoms with Crippen LogP contribution < -0.4 is 10.2 Å². The highest BCUT2D eigenvalue weighted by molar-refractivity contribution is 5.92. The van der Waals surface area contributed by atoms with Crippen molar-refractivity contribution in [2.45, 2.75) is 39.2 Å². The Kier molecular flexibility index (Phi) is 6.35. The molecule has 3 aromatic heterocycles. The van der Waals surface area contributed by atoms with E-state index in [0.717, 1.165) is 59.4 Å². The van der Waals surface area contributed by atoms with Crippen LogP contribution in [0.2, 0.25) is 0 Å². The summed E-state index contributed by atoms with van der Waals surface area (Å²) in [7, 11) is 0. The molecule has 8 nitrogen and oxygen atoms in total. The Hall–Kier alpha value is -3.94. The summed E-state index contributed by atoms with van der Waals surface area (Å²) in [4.78, 5) is 19.4. The monoisotopic (exact) mass is 484 g/mol. The van der Waals surface area contributed by atoms with Gasteiger partial charge in [0.1, 0.15) is 11.3 Å². The number of carbonyl (C=O) groups is 1. The second kappa shape index (κ2) is 9.60. The van der Waals surface area contributed by atoms with Crippen LogP contribution in [-0.2, 0) is 4.74 Å². The number of ether oxygens (including phenoxy) is 1. The van der Waals surface area contributed by atoms with E-state index in [1.165, 1.54) is 0 Å². The maximum atomic E-state index is 12.0. The van der Waals surface area contributed by atoms with Crippen molar-refractivity contribution in [3.8, 4) is 11.5 Å². The quantitative estimate of drug-likeness (QED) is 0.412. The molecule has 5 rings (SSSR count). The number of para-hydroxylation sites is 1. The first-order valence-corrected chi connectivity index (χ1v) is 12.4. The zero-order valence-corrected chi connectivity index (χ0v) is 21.1. The number of anilines is 1. The van der Waals surface area contributed by atoms with Gasteiger partial charge in [-0.05, 0) is 69.4 Å². The van der Waals surface area contributed by atoms with Gasteiger partial charge in [-0.3, -0.25) is 4.40 Å². The number of hydrogen-bond donors (Lipinski definition) is 1. The van der Waals surface area contributed by atoms with Crippen LogP contribution in [-0.4, -0.2) is 50.9 Å². The second-order valence-electron chi connectivity index (χ2n) is 10.3. The van der Waals surface area contributed by atoms with E-state index in [1.54, 1.807) is 6.08 Å². The van der Waals surface area contributed by atoms with Gasteiger partial charge < -0.3 is 15.0 Å². The van der Waals surface area contributed by atoms with Crippen molar-refractivity contribution in [1.29, 1.82) is 0 Å². The molecule has 1 aliphatic rings. The molecule has 186 valence electrons. The number of fused-ring (bicyclic) bond motifs is 2. The van der Waals surface area contributed by atoms with Gasteiger partial charge in [0.2, 0.25) is 0 Å². The SMILES string of the molecule is C=Cc1ccn2c(-c3ccc4cccc(N5CCC(CNC(=O)OC(C)(C)C)CC5)c4n3)nnc2c1. The minimum absolute atomic E-state index is 0.350. The number of aromatic nitrogens is 4. The van der Waals surface area contributed by atoms with Crippen molar-refractivity contribution < 1.29 is 9.53 Å². The number of nitrogens with zero attached hydrogens (tertiary/aromatic N) is 5. The molecular formula is C28H32N6O2. The van der Waals surface area contributed by atoms with Gasteiger partial charge >= 0.3 is 6.09 Å². The predicted molar refractivity (Wildman–Crippen MR) is 143 cm³/mol. The van der Waals surface area contributed by atoms with E-state index in [9.17, 15) is 4.79 Å². The molecule has 36 heavy (non-hydrogen) atoms. The number of benzene rings is 1. The summed E-state index contributed by atoms with van der Waals surface area (Å²) in [5.74, 6) is 1.14. The Morgan fingerprint density at radius 2 is 1.97 bits per heavy atom. The van der Waals surface area contributed by atoms with Crippen molar-refractivity contribution in [2.24, 2.45) is 5.92 Å². The lowest BCUT2D eigenvalue weighted by atomic mass is 9.96. The van der Waals surface area contributed by atoms with Crippen LogP contribution >= 0.6 is 0 Å². The number of nitrogens with one attached hydrogen (secondary N) is 1. The second-order valence-corrected chi connectivity index (χ2v) is 10.3. The third-order valence-electron chi connectivity index (χ3n) is 6.49. The van der Waals surface area contributed by atoms with Crippen molar-refractivity contribution in [3.63, 3.8) is 0 Å². The highest BCUT2D eigenvalue weighted by Crippen LogP contribution is 2.31. The van der Waals surface area contributed by atoms with Crippen LogP contribution in [0, 0.1) is 5.92 Å². The Bertz CT molecular complexity index is 1410. The van der Waals surface area contributed by atoms with Gasteiger partial charge in [-0.2, -0.15) is 0 Å². The van der Waals surface area contributed by atoms with Crippen molar-refractivity contribution in [1.82, 2.24) is 24.9 Å². The van der Waals surface area contributed by atoms with Crippen LogP contribution in [0.5, 0.6) is 0 Å². The summed E-state index contributed by atoms with van der Waals surface area (Å²) in [6.45, 7) is 11.9. The number of carbonyl (C=O) groups excluding carboxylic acids is 1. The lowest BCUT2D eigenvalue weighted by molar-refractivity contribution is 0.0517. The Balaban J connectivity index is 1.33. The zero-order valence-electron chi connectivity index (χ0n) is 21.1. The summed E-state index contributed by atoms with van der Waals surface area (Å²) in [5, 5.41) is 12.8. The molecule has 1 aromatic carbocycles. The van der Waals surface area contributed by atoms with E-state index < -0.39 is 5.60 Å². The number of pyridine rings is 2. The molecule has 0 atom stereocenters. The third-order valence-corrected chi connectivity index (χ3v) is 6.49. The van der Waals surface area contributed by atoms with Crippen LogP contribution in [0.4, 0.5) is 10.5 Å². The highest BCUT2D eigenvalue weighted by atomic mass is 16.6. The molecule has 1 fully saturated rings. The average molecular weight is 485 g/mol. The van der Waals surface area contributed by atoms with Crippen LogP contribution in [0.1, 0.15) is 39.2 Å². The topological polar surface area (TPSA) is 84.7 Å². The molecule has 0 radical (unpaired) electrons. The molecule has 0 bridgehead atoms. The normalized spacial score (nSPS) is 14.8. The summed E-state index contributed by atoms with van der Waals surface area (Å²) >= 11 is 0. The van der Waals surface area contributed by atoms with Crippen LogP contribution in [0.25, 0.3) is 34.1 Å². The molecule has 0 unspecified atom stereocenters. The lowest BCUT2D eigenvalue weighted by Gasteiger charge is -2.34. The fraction of sp³-hybridized carbons (Fsp3) is 0.357. The number of piperidine rings is 1. The number of amides is 1. The molecule has 4 heterocycles. The highest BCUT2D eigenvalue weighted by Gasteiger charge is 2.23. The van der Waals surface area contributed by atoms with E-state index in [4.69, 9.17) is 9.72 Å². The molecule has 1 saturated heterocycles. The minimum atomic E-state index is -0.485. The van der Waals surface area contributed by atoms with Crippen molar-refractivity contribution in [2.75, 3.05) is 24.5 Å². The summed E-state index contributed by atoms with van der Waals surface area (Å²) in [6.07, 6.45) is 5.39. The Morgan fingerprint density at radius 1 is 1.17 bits per heavy atom. The van der Waals surface area contributed by atoms with Gasteiger partial charge in [0.25, 0.3) is 0 Å². The maximum Gasteiger partial charge on any atom is 0.407 e. The standard InChI is InChI=1S/C28H32N6O2/c1-5-19-13-16-34-24(17-19)31-32-26(34)22-10-9-21-7-6-8-23(25(21)30-22)33-14-11-20(12-15-33)18-29-27(35)36-28(2,3)4/h5-10,13,16-17,20H,1,11-12,14-15,18H2,2-4H3,(H,29,35). The zero-order chi connectivity index (χ0) is 25.3. The molecule has 1 aliphatic heterocycles. The Morgan fingerprint density at radius 3 is 2.72 bits per heavy atom. The fourth-order valence-electron chi connectivity index (χ4n) is 4.64. The molecule has 0 saturated carbocycles. The molecule has 8 heteroatoms. The molecule has 1 N–H and O–H groups in total. The fourth-order valence-corrected chi connectivity index (χ4v) is 4.64. The van der Waals surface area contributed by atoms with E-state index in [1.807, 2.05) is 49.6 Å². The first-order valence-electron chi connectivity index (χ1n) is 12.4. The van der Waals surface area contributed by atoms with Crippen LogP contribution in [0.15, 0.2) is 55.2 Å². The van der Waals surface area contributed by atoms with Crippen molar-refractivity contribution in [3.05, 3.63) is 60.8 Å². The summed E-state index contributed by atoms with van der Waals surface area (Å²) in [6, 6.07) is 14.3. The summed E-state index contributed by atoms with van der Waals surface area (Å²) in [5.41, 5.74) is 4.14. The molecule has 1 amide bonds. The smallest absolute Gasteiger partial charge is 0.407 e. The van der Waals surface area contributed by atoms with Crippen LogP contribution in [0.3, 0.4) is 0 Å². The number of rotatable bonds is 5.